The maximum absolute atomic E-state index is 4.64. The summed E-state index contributed by atoms with van der Waals surface area (Å²) in [6.07, 6.45) is 4.70. The summed E-state index contributed by atoms with van der Waals surface area (Å²) in [6.45, 7) is 10.8. The molecule has 7 heteroatoms. The predicted molar refractivity (Wildman–Crippen MR) is 117 cm³/mol. The molecule has 0 unspecified atom stereocenters. The summed E-state index contributed by atoms with van der Waals surface area (Å²) in [5.74, 6) is 1.31. The number of hydrogen-bond acceptors (Lipinski definition) is 4. The van der Waals surface area contributed by atoms with Gasteiger partial charge in [0.2, 0.25) is 0 Å². The van der Waals surface area contributed by atoms with Gasteiger partial charge < -0.3 is 10.6 Å². The van der Waals surface area contributed by atoms with Crippen LogP contribution < -0.4 is 10.6 Å². The van der Waals surface area contributed by atoms with Gasteiger partial charge in [-0.15, -0.1) is 35.3 Å². The molecule has 0 spiro atoms. The predicted octanol–water partition coefficient (Wildman–Crippen LogP) is 3.89. The van der Waals surface area contributed by atoms with Crippen LogP contribution in [0, 0.1) is 6.92 Å². The molecule has 0 aliphatic heterocycles. The van der Waals surface area contributed by atoms with Gasteiger partial charge in [0.15, 0.2) is 5.96 Å². The molecule has 0 bridgehead atoms. The van der Waals surface area contributed by atoms with E-state index < -0.39 is 0 Å². The summed E-state index contributed by atoms with van der Waals surface area (Å²) in [5, 5.41) is 9.86. The van der Waals surface area contributed by atoms with Crippen molar-refractivity contribution >= 4 is 41.3 Å². The van der Waals surface area contributed by atoms with Gasteiger partial charge >= 0.3 is 0 Å². The van der Waals surface area contributed by atoms with Crippen LogP contribution >= 0.6 is 35.3 Å². The Bertz CT molecular complexity index is 669. The number of thiazole rings is 1. The SMILES string of the molecule is CCNC(=NCc1nc(C(C)C)cs1)NCCc1ccncc1C.I. The number of hydrogen-bond donors (Lipinski definition) is 2. The molecule has 0 aliphatic rings. The van der Waals surface area contributed by atoms with Crippen molar-refractivity contribution in [3.63, 3.8) is 0 Å². The van der Waals surface area contributed by atoms with E-state index in [9.17, 15) is 0 Å². The molecule has 0 saturated carbocycles. The highest BCUT2D eigenvalue weighted by molar-refractivity contribution is 14.0. The molecule has 2 rings (SSSR count). The fourth-order valence-corrected chi connectivity index (χ4v) is 3.13. The van der Waals surface area contributed by atoms with E-state index in [0.29, 0.717) is 12.5 Å². The third-order valence-electron chi connectivity index (χ3n) is 3.70. The van der Waals surface area contributed by atoms with Crippen LogP contribution in [0.2, 0.25) is 0 Å². The van der Waals surface area contributed by atoms with Crippen molar-refractivity contribution in [2.75, 3.05) is 13.1 Å². The molecule has 25 heavy (non-hydrogen) atoms. The zero-order valence-electron chi connectivity index (χ0n) is 15.4. The molecule has 2 aromatic heterocycles. The van der Waals surface area contributed by atoms with Gasteiger partial charge in [-0.05, 0) is 43.4 Å². The number of rotatable bonds is 7. The van der Waals surface area contributed by atoms with Crippen molar-refractivity contribution in [1.29, 1.82) is 0 Å². The van der Waals surface area contributed by atoms with Crippen LogP contribution in [0.25, 0.3) is 0 Å². The highest BCUT2D eigenvalue weighted by atomic mass is 127. The second kappa shape index (κ2) is 11.4. The highest BCUT2D eigenvalue weighted by Crippen LogP contribution is 2.18. The molecule has 2 aromatic rings. The second-order valence-corrected chi connectivity index (χ2v) is 6.94. The van der Waals surface area contributed by atoms with E-state index in [2.05, 4.69) is 64.7 Å². The van der Waals surface area contributed by atoms with Crippen LogP contribution in [0.3, 0.4) is 0 Å². The summed E-state index contributed by atoms with van der Waals surface area (Å²) in [7, 11) is 0. The van der Waals surface area contributed by atoms with Crippen LogP contribution in [0.4, 0.5) is 0 Å². The minimum atomic E-state index is 0. The Labute approximate surface area is 171 Å². The molecule has 5 nitrogen and oxygen atoms in total. The van der Waals surface area contributed by atoms with Crippen molar-refractivity contribution in [1.82, 2.24) is 20.6 Å². The third kappa shape index (κ3) is 7.27. The monoisotopic (exact) mass is 473 g/mol. The molecular formula is C18H28IN5S. The lowest BCUT2D eigenvalue weighted by molar-refractivity contribution is 0.791. The molecule has 2 N–H and O–H groups in total. The van der Waals surface area contributed by atoms with Gasteiger partial charge in [-0.3, -0.25) is 4.98 Å². The number of guanidine groups is 1. The van der Waals surface area contributed by atoms with Crippen molar-refractivity contribution in [3.05, 3.63) is 45.7 Å². The summed E-state index contributed by atoms with van der Waals surface area (Å²) in [6, 6.07) is 2.07. The third-order valence-corrected chi connectivity index (χ3v) is 4.55. The van der Waals surface area contributed by atoms with Crippen molar-refractivity contribution in [3.8, 4) is 0 Å². The van der Waals surface area contributed by atoms with E-state index >= 15 is 0 Å². The Morgan fingerprint density at radius 2 is 2.12 bits per heavy atom. The summed E-state index contributed by atoms with van der Waals surface area (Å²) >= 11 is 1.68. The smallest absolute Gasteiger partial charge is 0.191 e. The van der Waals surface area contributed by atoms with Crippen LogP contribution in [-0.2, 0) is 13.0 Å². The van der Waals surface area contributed by atoms with E-state index in [1.54, 1.807) is 11.3 Å². The number of pyridine rings is 1. The van der Waals surface area contributed by atoms with Crippen LogP contribution in [0.5, 0.6) is 0 Å². The molecule has 0 aromatic carbocycles. The van der Waals surface area contributed by atoms with Gasteiger partial charge in [0.05, 0.1) is 12.2 Å². The van der Waals surface area contributed by atoms with Gasteiger partial charge in [-0.25, -0.2) is 9.98 Å². The minimum Gasteiger partial charge on any atom is -0.357 e. The van der Waals surface area contributed by atoms with Crippen LogP contribution in [-0.4, -0.2) is 29.0 Å². The van der Waals surface area contributed by atoms with E-state index in [1.165, 1.54) is 11.1 Å². The number of nitrogens with zero attached hydrogens (tertiary/aromatic N) is 3. The number of nitrogens with one attached hydrogen (secondary N) is 2. The number of aliphatic imine (C=N–C) groups is 1. The van der Waals surface area contributed by atoms with E-state index in [0.717, 1.165) is 36.2 Å². The molecule has 2 heterocycles. The maximum Gasteiger partial charge on any atom is 0.191 e. The summed E-state index contributed by atoms with van der Waals surface area (Å²) < 4.78 is 0. The van der Waals surface area contributed by atoms with Gasteiger partial charge in [-0.2, -0.15) is 0 Å². The molecular weight excluding hydrogens is 445 g/mol. The fraction of sp³-hybridized carbons (Fsp3) is 0.500. The van der Waals surface area contributed by atoms with Crippen LogP contribution in [0.1, 0.15) is 48.5 Å². The molecule has 0 saturated heterocycles. The lowest BCUT2D eigenvalue weighted by Gasteiger charge is -2.11. The van der Waals surface area contributed by atoms with E-state index in [4.69, 9.17) is 0 Å². The maximum atomic E-state index is 4.64. The van der Waals surface area contributed by atoms with Crippen LogP contribution in [0.15, 0.2) is 28.8 Å². The molecule has 0 amide bonds. The normalized spacial score (nSPS) is 11.3. The van der Waals surface area contributed by atoms with Crippen molar-refractivity contribution in [2.45, 2.75) is 46.6 Å². The van der Waals surface area contributed by atoms with Gasteiger partial charge in [0, 0.05) is 30.9 Å². The summed E-state index contributed by atoms with van der Waals surface area (Å²) in [5.41, 5.74) is 3.69. The first-order chi connectivity index (χ1) is 11.6. The number of halogens is 1. The molecule has 0 radical (unpaired) electrons. The Morgan fingerprint density at radius 3 is 2.76 bits per heavy atom. The van der Waals surface area contributed by atoms with Gasteiger partial charge in [-0.1, -0.05) is 13.8 Å². The van der Waals surface area contributed by atoms with E-state index in [-0.39, 0.29) is 24.0 Å². The van der Waals surface area contributed by atoms with Crippen molar-refractivity contribution in [2.24, 2.45) is 4.99 Å². The quantitative estimate of drug-likeness (QED) is 0.364. The molecule has 0 atom stereocenters. The Hall–Kier alpha value is -1.22. The Balaban J connectivity index is 0.00000312. The minimum absolute atomic E-state index is 0. The first kappa shape index (κ1) is 21.8. The standard InChI is InChI=1S/C18H27N5S.HI/c1-5-20-18(21-9-7-15-6-8-19-10-14(15)4)22-11-17-23-16(12-24-17)13(2)3;/h6,8,10,12-13H,5,7,9,11H2,1-4H3,(H2,20,21,22);1H. The summed E-state index contributed by atoms with van der Waals surface area (Å²) in [4.78, 5) is 13.4. The molecule has 138 valence electrons. The fourth-order valence-electron chi connectivity index (χ4n) is 2.25. The molecule has 0 fully saturated rings. The average molecular weight is 473 g/mol. The Morgan fingerprint density at radius 1 is 1.32 bits per heavy atom. The topological polar surface area (TPSA) is 62.2 Å². The molecule has 0 aliphatic carbocycles. The zero-order valence-corrected chi connectivity index (χ0v) is 18.5. The second-order valence-electron chi connectivity index (χ2n) is 5.99. The Kier molecular flexibility index (Phi) is 9.96. The van der Waals surface area contributed by atoms with Crippen molar-refractivity contribution < 1.29 is 0 Å². The lowest BCUT2D eigenvalue weighted by atomic mass is 10.1. The zero-order chi connectivity index (χ0) is 17.4. The lowest BCUT2D eigenvalue weighted by Crippen LogP contribution is -2.38. The largest absolute Gasteiger partial charge is 0.357 e. The first-order valence-electron chi connectivity index (χ1n) is 8.46. The van der Waals surface area contributed by atoms with Gasteiger partial charge in [0.25, 0.3) is 0 Å². The highest BCUT2D eigenvalue weighted by Gasteiger charge is 2.06. The average Bonchev–Trinajstić information content (AvgIpc) is 3.03. The number of aryl methyl sites for hydroxylation is 1. The van der Waals surface area contributed by atoms with E-state index in [1.807, 2.05) is 12.4 Å². The van der Waals surface area contributed by atoms with Gasteiger partial charge in [0.1, 0.15) is 5.01 Å². The number of aromatic nitrogens is 2. The first-order valence-corrected chi connectivity index (χ1v) is 9.34.